The van der Waals surface area contributed by atoms with Gasteiger partial charge in [0.05, 0.1) is 0 Å². The molecule has 6 heteroatoms. The Kier molecular flexibility index (Phi) is 4.77. The van der Waals surface area contributed by atoms with E-state index in [1.807, 2.05) is 0 Å². The minimum atomic E-state index is 0.313. The van der Waals surface area contributed by atoms with Gasteiger partial charge in [-0.15, -0.1) is 0 Å². The van der Waals surface area contributed by atoms with Gasteiger partial charge < -0.3 is 20.7 Å². The number of nitrogen functional groups attached to an aromatic ring is 1. The van der Waals surface area contributed by atoms with Gasteiger partial charge in [0.25, 0.3) is 0 Å². The molecule has 112 valence electrons. The molecule has 20 heavy (non-hydrogen) atoms. The molecule has 2 heterocycles. The number of rotatable bonds is 5. The van der Waals surface area contributed by atoms with Crippen molar-refractivity contribution in [2.75, 3.05) is 44.8 Å². The summed E-state index contributed by atoms with van der Waals surface area (Å²) < 4.78 is 5.05. The first kappa shape index (κ1) is 15.0. The first-order valence-electron chi connectivity index (χ1n) is 7.05. The largest absolute Gasteiger partial charge is 0.384 e. The Hall–Kier alpha value is -1.40. The molecule has 1 saturated heterocycles. The number of aromatic nitrogens is 2. The van der Waals surface area contributed by atoms with Crippen LogP contribution in [0.5, 0.6) is 0 Å². The van der Waals surface area contributed by atoms with E-state index >= 15 is 0 Å². The fourth-order valence-electron chi connectivity index (χ4n) is 2.44. The van der Waals surface area contributed by atoms with E-state index in [2.05, 4.69) is 34.2 Å². The van der Waals surface area contributed by atoms with Crippen molar-refractivity contribution in [1.29, 1.82) is 0 Å². The molecule has 0 saturated carbocycles. The SMILES string of the molecule is COCc1nc(N)cc(NCC2(C)CCN(C)CC2)n1. The molecular formula is C14H25N5O. The van der Waals surface area contributed by atoms with Crippen LogP contribution in [0.4, 0.5) is 11.6 Å². The third-order valence-electron chi connectivity index (χ3n) is 3.96. The average Bonchev–Trinajstić information content (AvgIpc) is 2.40. The topological polar surface area (TPSA) is 76.3 Å². The number of methoxy groups -OCH3 is 1. The Labute approximate surface area is 120 Å². The summed E-state index contributed by atoms with van der Waals surface area (Å²) in [5.41, 5.74) is 6.11. The minimum absolute atomic E-state index is 0.313. The van der Waals surface area contributed by atoms with E-state index < -0.39 is 0 Å². The summed E-state index contributed by atoms with van der Waals surface area (Å²) in [6.45, 7) is 5.91. The van der Waals surface area contributed by atoms with Gasteiger partial charge in [-0.2, -0.15) is 0 Å². The summed E-state index contributed by atoms with van der Waals surface area (Å²) in [5, 5.41) is 3.40. The molecule has 3 N–H and O–H groups in total. The van der Waals surface area contributed by atoms with Crippen molar-refractivity contribution in [1.82, 2.24) is 14.9 Å². The van der Waals surface area contributed by atoms with Crippen LogP contribution in [0.3, 0.4) is 0 Å². The Balaban J connectivity index is 1.96. The van der Waals surface area contributed by atoms with Crippen LogP contribution in [0.2, 0.25) is 0 Å². The lowest BCUT2D eigenvalue weighted by molar-refractivity contribution is 0.150. The fourth-order valence-corrected chi connectivity index (χ4v) is 2.44. The van der Waals surface area contributed by atoms with E-state index in [0.29, 0.717) is 23.7 Å². The van der Waals surface area contributed by atoms with Gasteiger partial charge in [-0.25, -0.2) is 9.97 Å². The van der Waals surface area contributed by atoms with Crippen LogP contribution in [0.25, 0.3) is 0 Å². The number of hydrogen-bond donors (Lipinski definition) is 2. The third kappa shape index (κ3) is 4.05. The number of anilines is 2. The predicted octanol–water partition coefficient (Wildman–Crippen LogP) is 1.35. The predicted molar refractivity (Wildman–Crippen MR) is 80.5 cm³/mol. The number of hydrogen-bond acceptors (Lipinski definition) is 6. The van der Waals surface area contributed by atoms with Crippen LogP contribution >= 0.6 is 0 Å². The van der Waals surface area contributed by atoms with Crippen LogP contribution < -0.4 is 11.1 Å². The highest BCUT2D eigenvalue weighted by atomic mass is 16.5. The van der Waals surface area contributed by atoms with Crippen LogP contribution in [0.1, 0.15) is 25.6 Å². The zero-order valence-electron chi connectivity index (χ0n) is 12.6. The molecule has 1 aliphatic rings. The zero-order valence-corrected chi connectivity index (χ0v) is 12.6. The second kappa shape index (κ2) is 6.37. The molecule has 0 aliphatic carbocycles. The van der Waals surface area contributed by atoms with Crippen LogP contribution in [0.15, 0.2) is 6.07 Å². The molecule has 0 amide bonds. The third-order valence-corrected chi connectivity index (χ3v) is 3.96. The van der Waals surface area contributed by atoms with Gasteiger partial charge in [0.15, 0.2) is 5.82 Å². The number of likely N-dealkylation sites (tertiary alicyclic amines) is 1. The highest BCUT2D eigenvalue weighted by Gasteiger charge is 2.28. The Bertz CT molecular complexity index is 443. The van der Waals surface area contributed by atoms with E-state index in [1.54, 1.807) is 13.2 Å². The highest BCUT2D eigenvalue weighted by Crippen LogP contribution is 2.30. The van der Waals surface area contributed by atoms with E-state index in [1.165, 1.54) is 12.8 Å². The smallest absolute Gasteiger partial charge is 0.158 e. The summed E-state index contributed by atoms with van der Waals surface area (Å²) >= 11 is 0. The lowest BCUT2D eigenvalue weighted by Gasteiger charge is -2.38. The molecule has 0 unspecified atom stereocenters. The molecule has 6 nitrogen and oxygen atoms in total. The molecule has 1 aromatic heterocycles. The number of nitrogens with zero attached hydrogens (tertiary/aromatic N) is 3. The quantitative estimate of drug-likeness (QED) is 0.847. The normalized spacial score (nSPS) is 18.9. The summed E-state index contributed by atoms with van der Waals surface area (Å²) in [5.74, 6) is 1.87. The maximum atomic E-state index is 5.80. The van der Waals surface area contributed by atoms with Crippen LogP contribution in [-0.4, -0.2) is 48.7 Å². The molecule has 0 spiro atoms. The van der Waals surface area contributed by atoms with Crippen molar-refractivity contribution in [2.24, 2.45) is 5.41 Å². The summed E-state index contributed by atoms with van der Waals surface area (Å²) in [4.78, 5) is 10.9. The average molecular weight is 279 g/mol. The monoisotopic (exact) mass is 279 g/mol. The van der Waals surface area contributed by atoms with Crippen molar-refractivity contribution in [3.8, 4) is 0 Å². The van der Waals surface area contributed by atoms with Gasteiger partial charge in [-0.05, 0) is 38.4 Å². The Morgan fingerprint density at radius 1 is 1.40 bits per heavy atom. The van der Waals surface area contributed by atoms with Crippen molar-refractivity contribution in [3.05, 3.63) is 11.9 Å². The molecule has 0 bridgehead atoms. The summed E-state index contributed by atoms with van der Waals surface area (Å²) in [7, 11) is 3.80. The van der Waals surface area contributed by atoms with Gasteiger partial charge in [-0.3, -0.25) is 0 Å². The van der Waals surface area contributed by atoms with E-state index in [-0.39, 0.29) is 0 Å². The number of nitrogens with one attached hydrogen (secondary N) is 1. The molecule has 0 aromatic carbocycles. The molecule has 1 fully saturated rings. The van der Waals surface area contributed by atoms with Crippen LogP contribution in [0, 0.1) is 5.41 Å². The van der Waals surface area contributed by atoms with Gasteiger partial charge in [0, 0.05) is 19.7 Å². The van der Waals surface area contributed by atoms with Gasteiger partial charge in [0.2, 0.25) is 0 Å². The van der Waals surface area contributed by atoms with Crippen LogP contribution in [-0.2, 0) is 11.3 Å². The van der Waals surface area contributed by atoms with Gasteiger partial charge >= 0.3 is 0 Å². The standard InChI is InChI=1S/C14H25N5O/c1-14(4-6-19(2)7-5-14)10-16-12-8-11(15)17-13(18-12)9-20-3/h8H,4-7,9-10H2,1-3H3,(H3,15,16,17,18). The van der Waals surface area contributed by atoms with E-state index in [0.717, 1.165) is 25.5 Å². The summed E-state index contributed by atoms with van der Waals surface area (Å²) in [6, 6.07) is 1.78. The van der Waals surface area contributed by atoms with E-state index in [4.69, 9.17) is 10.5 Å². The Morgan fingerprint density at radius 3 is 2.75 bits per heavy atom. The number of ether oxygens (including phenoxy) is 1. The van der Waals surface area contributed by atoms with E-state index in [9.17, 15) is 0 Å². The lowest BCUT2D eigenvalue weighted by Crippen LogP contribution is -2.40. The van der Waals surface area contributed by atoms with Crippen molar-refractivity contribution in [3.63, 3.8) is 0 Å². The molecule has 0 atom stereocenters. The highest BCUT2D eigenvalue weighted by molar-refractivity contribution is 5.44. The first-order chi connectivity index (χ1) is 9.50. The molecular weight excluding hydrogens is 254 g/mol. The van der Waals surface area contributed by atoms with Crippen molar-refractivity contribution in [2.45, 2.75) is 26.4 Å². The molecule has 1 aromatic rings. The fraction of sp³-hybridized carbons (Fsp3) is 0.714. The lowest BCUT2D eigenvalue weighted by atomic mass is 9.80. The number of piperidine rings is 1. The Morgan fingerprint density at radius 2 is 2.10 bits per heavy atom. The second-order valence-electron chi connectivity index (χ2n) is 5.99. The van der Waals surface area contributed by atoms with Gasteiger partial charge in [0.1, 0.15) is 18.2 Å². The first-order valence-corrected chi connectivity index (χ1v) is 7.05. The maximum absolute atomic E-state index is 5.80. The summed E-state index contributed by atoms with van der Waals surface area (Å²) in [6.07, 6.45) is 2.39. The zero-order chi connectivity index (χ0) is 14.6. The van der Waals surface area contributed by atoms with Gasteiger partial charge in [-0.1, -0.05) is 6.92 Å². The molecule has 0 radical (unpaired) electrons. The number of nitrogens with two attached hydrogens (primary N) is 1. The molecule has 1 aliphatic heterocycles. The van der Waals surface area contributed by atoms with Crippen molar-refractivity contribution < 1.29 is 4.74 Å². The maximum Gasteiger partial charge on any atom is 0.158 e. The second-order valence-corrected chi connectivity index (χ2v) is 5.99. The molecule has 2 rings (SSSR count). The minimum Gasteiger partial charge on any atom is -0.384 e. The van der Waals surface area contributed by atoms with Crippen molar-refractivity contribution >= 4 is 11.6 Å².